The van der Waals surface area contributed by atoms with Gasteiger partial charge < -0.3 is 20.1 Å². The fourth-order valence-electron chi connectivity index (χ4n) is 1.62. The first-order valence-electron chi connectivity index (χ1n) is 6.22. The second kappa shape index (κ2) is 6.74. The molecule has 0 fully saturated rings. The predicted molar refractivity (Wildman–Crippen MR) is 79.8 cm³/mol. The third-order valence-corrected chi connectivity index (χ3v) is 3.03. The van der Waals surface area contributed by atoms with Crippen LogP contribution in [-0.2, 0) is 9.59 Å². The van der Waals surface area contributed by atoms with Crippen molar-refractivity contribution < 1.29 is 19.4 Å². The van der Waals surface area contributed by atoms with Crippen LogP contribution >= 0.6 is 0 Å². The number of carboxylic acid groups (broad SMARTS) is 1. The number of amides is 1. The minimum atomic E-state index is -1.13. The summed E-state index contributed by atoms with van der Waals surface area (Å²) in [6.07, 6.45) is 1.56. The van der Waals surface area contributed by atoms with E-state index in [0.717, 1.165) is 0 Å². The molecule has 0 atom stereocenters. The molecule has 1 aromatic rings. The quantitative estimate of drug-likeness (QED) is 0.800. The number of anilines is 2. The molecule has 0 bridgehead atoms. The smallest absolute Gasteiger partial charge is 0.331 e. The second-order valence-corrected chi connectivity index (χ2v) is 4.62. The van der Waals surface area contributed by atoms with Gasteiger partial charge in [-0.05, 0) is 19.9 Å². The molecule has 1 rings (SSSR count). The van der Waals surface area contributed by atoms with Gasteiger partial charge in [-0.1, -0.05) is 0 Å². The van der Waals surface area contributed by atoms with Crippen molar-refractivity contribution in [2.75, 3.05) is 31.4 Å². The lowest BCUT2D eigenvalue weighted by Crippen LogP contribution is -2.20. The lowest BCUT2D eigenvalue weighted by molar-refractivity contribution is -0.133. The van der Waals surface area contributed by atoms with E-state index in [0.29, 0.717) is 11.4 Å². The SMILES string of the molecule is COc1nccc(N(C)C)c1NC(=O)C(C)=C(C)C(=O)O. The van der Waals surface area contributed by atoms with Gasteiger partial charge in [0.2, 0.25) is 5.88 Å². The highest BCUT2D eigenvalue weighted by Gasteiger charge is 2.18. The summed E-state index contributed by atoms with van der Waals surface area (Å²) in [5.74, 6) is -1.38. The number of carbonyl (C=O) groups is 2. The minimum absolute atomic E-state index is 0.0123. The second-order valence-electron chi connectivity index (χ2n) is 4.62. The molecule has 1 amide bonds. The van der Waals surface area contributed by atoms with E-state index >= 15 is 0 Å². The number of pyridine rings is 1. The normalized spacial score (nSPS) is 11.5. The Labute approximate surface area is 123 Å². The van der Waals surface area contributed by atoms with Crippen LogP contribution in [0.25, 0.3) is 0 Å². The minimum Gasteiger partial charge on any atom is -0.479 e. The van der Waals surface area contributed by atoms with E-state index in [9.17, 15) is 9.59 Å². The Morgan fingerprint density at radius 3 is 2.38 bits per heavy atom. The first-order chi connectivity index (χ1) is 9.79. The molecule has 0 saturated carbocycles. The van der Waals surface area contributed by atoms with Crippen LogP contribution in [0.1, 0.15) is 13.8 Å². The summed E-state index contributed by atoms with van der Waals surface area (Å²) in [5, 5.41) is 11.6. The predicted octanol–water partition coefficient (Wildman–Crippen LogP) is 1.52. The number of aromatic nitrogens is 1. The monoisotopic (exact) mass is 293 g/mol. The maximum Gasteiger partial charge on any atom is 0.331 e. The number of methoxy groups -OCH3 is 1. The Morgan fingerprint density at radius 2 is 1.90 bits per heavy atom. The van der Waals surface area contributed by atoms with E-state index in [1.54, 1.807) is 17.2 Å². The average Bonchev–Trinajstić information content (AvgIpc) is 2.45. The van der Waals surface area contributed by atoms with Crippen molar-refractivity contribution in [1.29, 1.82) is 0 Å². The molecule has 1 heterocycles. The molecular weight excluding hydrogens is 274 g/mol. The van der Waals surface area contributed by atoms with E-state index < -0.39 is 11.9 Å². The Bertz CT molecular complexity index is 594. The largest absolute Gasteiger partial charge is 0.479 e. The van der Waals surface area contributed by atoms with E-state index in [1.165, 1.54) is 21.0 Å². The average molecular weight is 293 g/mol. The zero-order chi connectivity index (χ0) is 16.2. The summed E-state index contributed by atoms with van der Waals surface area (Å²) < 4.78 is 5.14. The number of nitrogens with one attached hydrogen (secondary N) is 1. The molecule has 7 nitrogen and oxygen atoms in total. The van der Waals surface area contributed by atoms with Gasteiger partial charge in [0, 0.05) is 31.4 Å². The van der Waals surface area contributed by atoms with E-state index in [-0.39, 0.29) is 17.0 Å². The van der Waals surface area contributed by atoms with Crippen molar-refractivity contribution in [3.8, 4) is 5.88 Å². The highest BCUT2D eigenvalue weighted by Crippen LogP contribution is 2.32. The molecule has 0 radical (unpaired) electrons. The molecule has 0 aliphatic carbocycles. The molecule has 0 aromatic carbocycles. The standard InChI is InChI=1S/C14H19N3O4/c1-8(9(2)14(19)20)12(18)16-11-10(17(3)4)6-7-15-13(11)21-5/h6-7H,1-5H3,(H,16,18)(H,19,20). The number of hydrogen-bond donors (Lipinski definition) is 2. The number of aliphatic carboxylic acids is 1. The highest BCUT2D eigenvalue weighted by molar-refractivity contribution is 6.09. The number of carboxylic acids is 1. The van der Waals surface area contributed by atoms with E-state index in [4.69, 9.17) is 9.84 Å². The van der Waals surface area contributed by atoms with Crippen LogP contribution in [0.4, 0.5) is 11.4 Å². The van der Waals surface area contributed by atoms with Crippen molar-refractivity contribution in [1.82, 2.24) is 4.98 Å². The van der Waals surface area contributed by atoms with Gasteiger partial charge in [-0.3, -0.25) is 4.79 Å². The summed E-state index contributed by atoms with van der Waals surface area (Å²) in [6, 6.07) is 1.72. The zero-order valence-electron chi connectivity index (χ0n) is 12.7. The maximum atomic E-state index is 12.2. The molecule has 0 spiro atoms. The fraction of sp³-hybridized carbons (Fsp3) is 0.357. The molecule has 7 heteroatoms. The van der Waals surface area contributed by atoms with Crippen molar-refractivity contribution in [2.24, 2.45) is 0 Å². The number of carbonyl (C=O) groups excluding carboxylic acids is 1. The molecule has 0 aliphatic rings. The maximum absolute atomic E-state index is 12.2. The molecule has 114 valence electrons. The molecule has 1 aromatic heterocycles. The van der Waals surface area contributed by atoms with Crippen LogP contribution in [0.5, 0.6) is 5.88 Å². The Balaban J connectivity index is 3.22. The summed E-state index contributed by atoms with van der Waals surface area (Å²) >= 11 is 0. The third-order valence-electron chi connectivity index (χ3n) is 3.03. The Hall–Kier alpha value is -2.57. The lowest BCUT2D eigenvalue weighted by atomic mass is 10.1. The van der Waals surface area contributed by atoms with Gasteiger partial charge >= 0.3 is 5.97 Å². The van der Waals surface area contributed by atoms with Crippen LogP contribution in [0.3, 0.4) is 0 Å². The van der Waals surface area contributed by atoms with E-state index in [1.807, 2.05) is 14.1 Å². The molecule has 0 saturated heterocycles. The number of hydrogen-bond acceptors (Lipinski definition) is 5. The van der Waals surface area contributed by atoms with Gasteiger partial charge in [-0.2, -0.15) is 0 Å². The molecular formula is C14H19N3O4. The van der Waals surface area contributed by atoms with Crippen molar-refractivity contribution in [3.63, 3.8) is 0 Å². The Kier molecular flexibility index (Phi) is 5.29. The van der Waals surface area contributed by atoms with Crippen molar-refractivity contribution >= 4 is 23.3 Å². The van der Waals surface area contributed by atoms with Crippen molar-refractivity contribution in [3.05, 3.63) is 23.4 Å². The number of nitrogens with zero attached hydrogens (tertiary/aromatic N) is 2. The summed E-state index contributed by atoms with van der Waals surface area (Å²) in [5.41, 5.74) is 1.21. The van der Waals surface area contributed by atoms with Crippen LogP contribution in [0.15, 0.2) is 23.4 Å². The van der Waals surface area contributed by atoms with Crippen LogP contribution in [0.2, 0.25) is 0 Å². The van der Waals surface area contributed by atoms with Gasteiger partial charge in [0.1, 0.15) is 5.69 Å². The molecule has 21 heavy (non-hydrogen) atoms. The fourth-order valence-corrected chi connectivity index (χ4v) is 1.62. The molecule has 2 N–H and O–H groups in total. The van der Waals surface area contributed by atoms with Crippen LogP contribution in [0, 0.1) is 0 Å². The first kappa shape index (κ1) is 16.5. The topological polar surface area (TPSA) is 91.8 Å². The van der Waals surface area contributed by atoms with Gasteiger partial charge in [0.15, 0.2) is 0 Å². The lowest BCUT2D eigenvalue weighted by Gasteiger charge is -2.19. The number of ether oxygens (including phenoxy) is 1. The van der Waals surface area contributed by atoms with Gasteiger partial charge in [-0.15, -0.1) is 0 Å². The van der Waals surface area contributed by atoms with Gasteiger partial charge in [-0.25, -0.2) is 9.78 Å². The van der Waals surface area contributed by atoms with Gasteiger partial charge in [0.25, 0.3) is 5.91 Å². The van der Waals surface area contributed by atoms with Crippen LogP contribution < -0.4 is 15.0 Å². The van der Waals surface area contributed by atoms with Crippen LogP contribution in [-0.4, -0.2) is 43.2 Å². The highest BCUT2D eigenvalue weighted by atomic mass is 16.5. The third kappa shape index (κ3) is 3.71. The summed E-state index contributed by atoms with van der Waals surface area (Å²) in [6.45, 7) is 2.83. The molecule has 0 aliphatic heterocycles. The zero-order valence-corrected chi connectivity index (χ0v) is 12.7. The summed E-state index contributed by atoms with van der Waals surface area (Å²) in [7, 11) is 5.08. The summed E-state index contributed by atoms with van der Waals surface area (Å²) in [4.78, 5) is 28.9. The Morgan fingerprint density at radius 1 is 1.29 bits per heavy atom. The number of rotatable bonds is 5. The van der Waals surface area contributed by atoms with Gasteiger partial charge in [0.05, 0.1) is 12.8 Å². The van der Waals surface area contributed by atoms with E-state index in [2.05, 4.69) is 10.3 Å². The first-order valence-corrected chi connectivity index (χ1v) is 6.22. The molecule has 0 unspecified atom stereocenters. The van der Waals surface area contributed by atoms with Crippen molar-refractivity contribution in [2.45, 2.75) is 13.8 Å².